The predicted octanol–water partition coefficient (Wildman–Crippen LogP) is 1.63. The average Bonchev–Trinajstić information content (AvgIpc) is 2.33. The topological polar surface area (TPSA) is 32.3 Å². The van der Waals surface area contributed by atoms with E-state index >= 15 is 0 Å². The fourth-order valence-corrected chi connectivity index (χ4v) is 2.06. The summed E-state index contributed by atoms with van der Waals surface area (Å²) in [7, 11) is 0. The molecular formula is C11H12BrFN2O. The molecule has 0 atom stereocenters. The summed E-state index contributed by atoms with van der Waals surface area (Å²) in [4.78, 5) is 13.8. The number of piperazine rings is 1. The van der Waals surface area contributed by atoms with Gasteiger partial charge >= 0.3 is 0 Å². The zero-order valence-corrected chi connectivity index (χ0v) is 10.3. The fourth-order valence-electron chi connectivity index (χ4n) is 1.68. The maximum atomic E-state index is 13.0. The zero-order chi connectivity index (χ0) is 11.5. The van der Waals surface area contributed by atoms with E-state index in [9.17, 15) is 9.18 Å². The molecule has 1 aliphatic heterocycles. The highest BCUT2D eigenvalue weighted by Gasteiger charge is 2.18. The van der Waals surface area contributed by atoms with Gasteiger partial charge in [-0.25, -0.2) is 4.39 Å². The molecular weight excluding hydrogens is 275 g/mol. The standard InChI is InChI=1S/C11H12BrFN2O/c12-9-7-8(1-2-10(9)13)11(16)15-5-3-14-4-6-15/h1-2,7,14H,3-6H2. The van der Waals surface area contributed by atoms with Crippen LogP contribution < -0.4 is 5.32 Å². The molecule has 2 rings (SSSR count). The number of nitrogens with zero attached hydrogens (tertiary/aromatic N) is 1. The van der Waals surface area contributed by atoms with Crippen LogP contribution in [0.15, 0.2) is 22.7 Å². The summed E-state index contributed by atoms with van der Waals surface area (Å²) < 4.78 is 13.3. The first kappa shape index (κ1) is 11.5. The Morgan fingerprint density at radius 1 is 1.38 bits per heavy atom. The van der Waals surface area contributed by atoms with Crippen LogP contribution in [0.2, 0.25) is 0 Å². The van der Waals surface area contributed by atoms with Crippen molar-refractivity contribution in [2.75, 3.05) is 26.2 Å². The minimum Gasteiger partial charge on any atom is -0.336 e. The Kier molecular flexibility index (Phi) is 3.56. The van der Waals surface area contributed by atoms with Crippen LogP contribution >= 0.6 is 15.9 Å². The highest BCUT2D eigenvalue weighted by Crippen LogP contribution is 2.18. The lowest BCUT2D eigenvalue weighted by Gasteiger charge is -2.27. The molecule has 0 spiro atoms. The maximum Gasteiger partial charge on any atom is 0.253 e. The molecule has 0 bridgehead atoms. The van der Waals surface area contributed by atoms with Gasteiger partial charge in [-0.15, -0.1) is 0 Å². The Labute approximate surface area is 102 Å². The summed E-state index contributed by atoms with van der Waals surface area (Å²) in [6.45, 7) is 3.03. The number of hydrogen-bond donors (Lipinski definition) is 1. The van der Waals surface area contributed by atoms with Crippen LogP contribution in [0, 0.1) is 5.82 Å². The Bertz CT molecular complexity index is 405. The lowest BCUT2D eigenvalue weighted by molar-refractivity contribution is 0.0735. The van der Waals surface area contributed by atoms with Crippen molar-refractivity contribution in [1.82, 2.24) is 10.2 Å². The highest BCUT2D eigenvalue weighted by atomic mass is 79.9. The summed E-state index contributed by atoms with van der Waals surface area (Å²) >= 11 is 3.08. The normalized spacial score (nSPS) is 16.2. The lowest BCUT2D eigenvalue weighted by atomic mass is 10.2. The number of carbonyl (C=O) groups is 1. The maximum absolute atomic E-state index is 13.0. The lowest BCUT2D eigenvalue weighted by Crippen LogP contribution is -2.46. The van der Waals surface area contributed by atoms with Crippen molar-refractivity contribution in [2.24, 2.45) is 0 Å². The van der Waals surface area contributed by atoms with E-state index in [1.54, 1.807) is 4.90 Å². The van der Waals surface area contributed by atoms with Gasteiger partial charge in [0.2, 0.25) is 0 Å². The van der Waals surface area contributed by atoms with E-state index in [0.29, 0.717) is 23.1 Å². The minimum absolute atomic E-state index is 0.0396. The van der Waals surface area contributed by atoms with Crippen molar-refractivity contribution in [3.8, 4) is 0 Å². The number of amides is 1. The Hall–Kier alpha value is -0.940. The van der Waals surface area contributed by atoms with Crippen LogP contribution in [0.1, 0.15) is 10.4 Å². The van der Waals surface area contributed by atoms with Crippen LogP contribution in [0.5, 0.6) is 0 Å². The van der Waals surface area contributed by atoms with Crippen molar-refractivity contribution in [2.45, 2.75) is 0 Å². The first-order chi connectivity index (χ1) is 7.68. The summed E-state index contributed by atoms with van der Waals surface area (Å²) in [5.41, 5.74) is 0.523. The first-order valence-corrected chi connectivity index (χ1v) is 5.93. The van der Waals surface area contributed by atoms with Gasteiger partial charge in [0.25, 0.3) is 5.91 Å². The monoisotopic (exact) mass is 286 g/mol. The first-order valence-electron chi connectivity index (χ1n) is 5.13. The van der Waals surface area contributed by atoms with Gasteiger partial charge in [-0.2, -0.15) is 0 Å². The van der Waals surface area contributed by atoms with Gasteiger partial charge in [0, 0.05) is 31.7 Å². The van der Waals surface area contributed by atoms with Crippen molar-refractivity contribution >= 4 is 21.8 Å². The summed E-state index contributed by atoms with van der Waals surface area (Å²) in [6, 6.07) is 4.35. The van der Waals surface area contributed by atoms with Crippen molar-refractivity contribution in [3.63, 3.8) is 0 Å². The molecule has 0 radical (unpaired) electrons. The molecule has 3 nitrogen and oxygen atoms in total. The smallest absolute Gasteiger partial charge is 0.253 e. The van der Waals surface area contributed by atoms with Crippen LogP contribution in [0.3, 0.4) is 0 Å². The van der Waals surface area contributed by atoms with E-state index in [0.717, 1.165) is 13.1 Å². The molecule has 0 aliphatic carbocycles. The van der Waals surface area contributed by atoms with E-state index in [4.69, 9.17) is 0 Å². The number of nitrogens with one attached hydrogen (secondary N) is 1. The summed E-state index contributed by atoms with van der Waals surface area (Å²) in [6.07, 6.45) is 0. The van der Waals surface area contributed by atoms with Gasteiger partial charge in [-0.1, -0.05) is 0 Å². The molecule has 1 aliphatic rings. The molecule has 1 heterocycles. The van der Waals surface area contributed by atoms with E-state index in [-0.39, 0.29) is 11.7 Å². The molecule has 86 valence electrons. The Balaban J connectivity index is 2.16. The second-order valence-corrected chi connectivity index (χ2v) is 4.53. The number of carbonyl (C=O) groups excluding carboxylic acids is 1. The van der Waals surface area contributed by atoms with Crippen molar-refractivity contribution < 1.29 is 9.18 Å². The quantitative estimate of drug-likeness (QED) is 0.851. The predicted molar refractivity (Wildman–Crippen MR) is 62.9 cm³/mol. The SMILES string of the molecule is O=C(c1ccc(F)c(Br)c1)N1CCNCC1. The largest absolute Gasteiger partial charge is 0.336 e. The molecule has 1 aromatic carbocycles. The summed E-state index contributed by atoms with van der Waals surface area (Å²) in [5.74, 6) is -0.390. The van der Waals surface area contributed by atoms with Gasteiger partial charge in [0.1, 0.15) is 5.82 Å². The Morgan fingerprint density at radius 3 is 2.69 bits per heavy atom. The molecule has 0 unspecified atom stereocenters. The molecule has 1 aromatic rings. The van der Waals surface area contributed by atoms with Crippen LogP contribution in [-0.2, 0) is 0 Å². The molecule has 1 N–H and O–H groups in total. The zero-order valence-electron chi connectivity index (χ0n) is 8.67. The van der Waals surface area contributed by atoms with E-state index in [1.165, 1.54) is 18.2 Å². The molecule has 5 heteroatoms. The highest BCUT2D eigenvalue weighted by molar-refractivity contribution is 9.10. The number of halogens is 2. The second-order valence-electron chi connectivity index (χ2n) is 3.67. The molecule has 16 heavy (non-hydrogen) atoms. The summed E-state index contributed by atoms with van der Waals surface area (Å²) in [5, 5.41) is 3.18. The van der Waals surface area contributed by atoms with E-state index in [1.807, 2.05) is 0 Å². The fraction of sp³-hybridized carbons (Fsp3) is 0.364. The van der Waals surface area contributed by atoms with E-state index in [2.05, 4.69) is 21.2 Å². The third kappa shape index (κ3) is 2.41. The number of benzene rings is 1. The average molecular weight is 287 g/mol. The third-order valence-corrected chi connectivity index (χ3v) is 3.18. The van der Waals surface area contributed by atoms with Gasteiger partial charge in [-0.05, 0) is 34.1 Å². The van der Waals surface area contributed by atoms with E-state index < -0.39 is 0 Å². The Morgan fingerprint density at radius 2 is 2.06 bits per heavy atom. The van der Waals surface area contributed by atoms with Gasteiger partial charge in [0.15, 0.2) is 0 Å². The molecule has 0 saturated carbocycles. The molecule has 1 fully saturated rings. The van der Waals surface area contributed by atoms with Gasteiger partial charge in [-0.3, -0.25) is 4.79 Å². The molecule has 1 amide bonds. The van der Waals surface area contributed by atoms with Crippen LogP contribution in [0.25, 0.3) is 0 Å². The van der Waals surface area contributed by atoms with Crippen LogP contribution in [-0.4, -0.2) is 37.0 Å². The number of hydrogen-bond acceptors (Lipinski definition) is 2. The molecule has 1 saturated heterocycles. The van der Waals surface area contributed by atoms with Crippen molar-refractivity contribution in [3.05, 3.63) is 34.1 Å². The minimum atomic E-state index is -0.350. The third-order valence-electron chi connectivity index (χ3n) is 2.57. The van der Waals surface area contributed by atoms with Gasteiger partial charge < -0.3 is 10.2 Å². The second kappa shape index (κ2) is 4.93. The molecule has 0 aromatic heterocycles. The number of rotatable bonds is 1. The van der Waals surface area contributed by atoms with Crippen LogP contribution in [0.4, 0.5) is 4.39 Å². The van der Waals surface area contributed by atoms with Gasteiger partial charge in [0.05, 0.1) is 4.47 Å². The van der Waals surface area contributed by atoms with Crippen molar-refractivity contribution in [1.29, 1.82) is 0 Å².